The average molecular weight is 429 g/mol. The Labute approximate surface area is 180 Å². The molecule has 0 radical (unpaired) electrons. The third kappa shape index (κ3) is 3.65. The van der Waals surface area contributed by atoms with Crippen LogP contribution in [0.1, 0.15) is 30.1 Å². The Balaban J connectivity index is 1.48. The number of likely N-dealkylation sites (tertiary alicyclic amines) is 1. The van der Waals surface area contributed by atoms with Gasteiger partial charge in [0.1, 0.15) is 11.4 Å². The van der Waals surface area contributed by atoms with Gasteiger partial charge in [-0.3, -0.25) is 4.79 Å². The molecule has 2 aliphatic heterocycles. The second kappa shape index (κ2) is 8.07. The van der Waals surface area contributed by atoms with E-state index in [0.29, 0.717) is 48.0 Å². The van der Waals surface area contributed by atoms with Crippen LogP contribution in [0.2, 0.25) is 5.02 Å². The summed E-state index contributed by atoms with van der Waals surface area (Å²) in [5.74, 6) is 0.569. The number of carbonyl (C=O) groups is 2. The summed E-state index contributed by atoms with van der Waals surface area (Å²) in [5, 5.41) is 6.66. The van der Waals surface area contributed by atoms with Gasteiger partial charge in [0.25, 0.3) is 5.91 Å². The highest BCUT2D eigenvalue weighted by molar-refractivity contribution is 6.31. The van der Waals surface area contributed by atoms with Crippen LogP contribution in [-0.2, 0) is 0 Å². The van der Waals surface area contributed by atoms with Crippen LogP contribution in [-0.4, -0.2) is 49.2 Å². The van der Waals surface area contributed by atoms with Crippen molar-refractivity contribution in [2.45, 2.75) is 25.4 Å². The second-order valence-corrected chi connectivity index (χ2v) is 7.98. The van der Waals surface area contributed by atoms with E-state index in [4.69, 9.17) is 16.3 Å². The monoisotopic (exact) mass is 428 g/mol. The Morgan fingerprint density at radius 2 is 2.00 bits per heavy atom. The predicted molar refractivity (Wildman–Crippen MR) is 117 cm³/mol. The SMILES string of the molecule is CCN1c2ccc(Cl)cc2C(=O)NC12CCN(C(=O)Nc1cccc(OC)c1)CC2. The van der Waals surface area contributed by atoms with E-state index in [-0.39, 0.29) is 11.9 Å². The highest BCUT2D eigenvalue weighted by Crippen LogP contribution is 2.38. The summed E-state index contributed by atoms with van der Waals surface area (Å²) in [5.41, 5.74) is 1.67. The number of anilines is 2. The lowest BCUT2D eigenvalue weighted by atomic mass is 9.90. The van der Waals surface area contributed by atoms with Crippen molar-refractivity contribution in [2.24, 2.45) is 0 Å². The van der Waals surface area contributed by atoms with Gasteiger partial charge in [0.15, 0.2) is 0 Å². The number of ether oxygens (including phenoxy) is 1. The number of methoxy groups -OCH3 is 1. The molecule has 158 valence electrons. The summed E-state index contributed by atoms with van der Waals surface area (Å²) in [6, 6.07) is 12.5. The van der Waals surface area contributed by atoms with Gasteiger partial charge in [-0.15, -0.1) is 0 Å². The molecule has 2 aromatic rings. The molecule has 3 amide bonds. The molecule has 1 saturated heterocycles. The zero-order valence-corrected chi connectivity index (χ0v) is 17.8. The summed E-state index contributed by atoms with van der Waals surface area (Å²) in [4.78, 5) is 29.5. The van der Waals surface area contributed by atoms with Crippen molar-refractivity contribution in [3.8, 4) is 5.75 Å². The standard InChI is InChI=1S/C22H25ClN4O3/c1-3-27-19-8-7-15(23)13-18(19)20(28)25-22(27)9-11-26(12-10-22)21(29)24-16-5-4-6-17(14-16)30-2/h4-8,13-14H,3,9-12H2,1-2H3,(H,24,29)(H,25,28). The van der Waals surface area contributed by atoms with Gasteiger partial charge >= 0.3 is 6.03 Å². The molecule has 2 N–H and O–H groups in total. The first-order valence-electron chi connectivity index (χ1n) is 10.1. The maximum atomic E-state index is 12.8. The number of rotatable bonds is 3. The third-order valence-corrected chi connectivity index (χ3v) is 6.11. The molecule has 0 unspecified atom stereocenters. The van der Waals surface area contributed by atoms with E-state index < -0.39 is 5.66 Å². The molecule has 4 rings (SSSR count). The van der Waals surface area contributed by atoms with E-state index in [2.05, 4.69) is 22.5 Å². The minimum Gasteiger partial charge on any atom is -0.497 e. The summed E-state index contributed by atoms with van der Waals surface area (Å²) in [6.45, 7) is 3.88. The molecule has 2 aliphatic rings. The van der Waals surface area contributed by atoms with Gasteiger partial charge in [0.05, 0.1) is 18.4 Å². The number of amides is 3. The van der Waals surface area contributed by atoms with Gasteiger partial charge in [-0.25, -0.2) is 4.79 Å². The number of nitrogens with one attached hydrogen (secondary N) is 2. The number of nitrogens with zero attached hydrogens (tertiary/aromatic N) is 2. The molecule has 0 aromatic heterocycles. The molecule has 2 heterocycles. The van der Waals surface area contributed by atoms with E-state index in [9.17, 15) is 9.59 Å². The number of piperidine rings is 1. The smallest absolute Gasteiger partial charge is 0.321 e. The van der Waals surface area contributed by atoms with Crippen molar-refractivity contribution >= 4 is 34.9 Å². The zero-order chi connectivity index (χ0) is 21.3. The molecule has 0 aliphatic carbocycles. The van der Waals surface area contributed by atoms with Crippen LogP contribution >= 0.6 is 11.6 Å². The Morgan fingerprint density at radius 1 is 1.23 bits per heavy atom. The molecule has 0 saturated carbocycles. The third-order valence-electron chi connectivity index (χ3n) is 5.87. The number of fused-ring (bicyclic) bond motifs is 1. The van der Waals surface area contributed by atoms with Crippen molar-refractivity contribution in [1.82, 2.24) is 10.2 Å². The number of carbonyl (C=O) groups excluding carboxylic acids is 2. The fraction of sp³-hybridized carbons (Fsp3) is 0.364. The van der Waals surface area contributed by atoms with E-state index in [1.165, 1.54) is 0 Å². The lowest BCUT2D eigenvalue weighted by molar-refractivity contribution is 0.0808. The Morgan fingerprint density at radius 3 is 2.70 bits per heavy atom. The fourth-order valence-corrected chi connectivity index (χ4v) is 4.53. The van der Waals surface area contributed by atoms with Gasteiger partial charge in [0.2, 0.25) is 0 Å². The first-order chi connectivity index (χ1) is 14.5. The summed E-state index contributed by atoms with van der Waals surface area (Å²) in [7, 11) is 1.59. The Hall–Kier alpha value is -2.93. The topological polar surface area (TPSA) is 73.9 Å². The predicted octanol–water partition coefficient (Wildman–Crippen LogP) is 3.94. The van der Waals surface area contributed by atoms with Crippen LogP contribution in [0.15, 0.2) is 42.5 Å². The molecule has 2 aromatic carbocycles. The number of hydrogen-bond donors (Lipinski definition) is 2. The Kier molecular flexibility index (Phi) is 5.47. The fourth-order valence-electron chi connectivity index (χ4n) is 4.35. The van der Waals surface area contributed by atoms with Crippen molar-refractivity contribution < 1.29 is 14.3 Å². The van der Waals surface area contributed by atoms with Crippen LogP contribution in [0.25, 0.3) is 0 Å². The van der Waals surface area contributed by atoms with E-state index in [1.807, 2.05) is 30.3 Å². The highest BCUT2D eigenvalue weighted by Gasteiger charge is 2.45. The second-order valence-electron chi connectivity index (χ2n) is 7.54. The minimum atomic E-state index is -0.501. The largest absolute Gasteiger partial charge is 0.497 e. The molecule has 1 fully saturated rings. The first kappa shape index (κ1) is 20.3. The van der Waals surface area contributed by atoms with Gasteiger partial charge in [-0.1, -0.05) is 17.7 Å². The lowest BCUT2D eigenvalue weighted by Gasteiger charge is -2.52. The lowest BCUT2D eigenvalue weighted by Crippen LogP contribution is -2.68. The van der Waals surface area contributed by atoms with E-state index >= 15 is 0 Å². The van der Waals surface area contributed by atoms with Crippen molar-refractivity contribution in [3.63, 3.8) is 0 Å². The average Bonchev–Trinajstić information content (AvgIpc) is 2.75. The molecule has 0 bridgehead atoms. The molecule has 8 heteroatoms. The van der Waals surface area contributed by atoms with E-state index in [0.717, 1.165) is 12.2 Å². The molecule has 1 spiro atoms. The summed E-state index contributed by atoms with van der Waals surface area (Å²) >= 11 is 6.09. The maximum Gasteiger partial charge on any atom is 0.321 e. The quantitative estimate of drug-likeness (QED) is 0.776. The maximum absolute atomic E-state index is 12.8. The molecule has 7 nitrogen and oxygen atoms in total. The van der Waals surface area contributed by atoms with Gasteiger partial charge in [-0.2, -0.15) is 0 Å². The van der Waals surface area contributed by atoms with E-state index in [1.54, 1.807) is 24.1 Å². The van der Waals surface area contributed by atoms with Crippen LogP contribution in [0.3, 0.4) is 0 Å². The van der Waals surface area contributed by atoms with Crippen LogP contribution in [0, 0.1) is 0 Å². The van der Waals surface area contributed by atoms with Crippen molar-refractivity contribution in [1.29, 1.82) is 0 Å². The van der Waals surface area contributed by atoms with Crippen LogP contribution in [0.4, 0.5) is 16.2 Å². The summed E-state index contributed by atoms with van der Waals surface area (Å²) in [6.07, 6.45) is 1.28. The number of halogens is 1. The zero-order valence-electron chi connectivity index (χ0n) is 17.1. The number of urea groups is 1. The van der Waals surface area contributed by atoms with Crippen molar-refractivity contribution in [2.75, 3.05) is 37.0 Å². The molecule has 0 atom stereocenters. The van der Waals surface area contributed by atoms with Crippen molar-refractivity contribution in [3.05, 3.63) is 53.1 Å². The Bertz CT molecular complexity index is 973. The number of hydrogen-bond acceptors (Lipinski definition) is 4. The first-order valence-corrected chi connectivity index (χ1v) is 10.4. The normalized spacial score (nSPS) is 17.4. The van der Waals surface area contributed by atoms with Gasteiger partial charge in [0, 0.05) is 49.3 Å². The minimum absolute atomic E-state index is 0.119. The molecular formula is C22H25ClN4O3. The summed E-state index contributed by atoms with van der Waals surface area (Å²) < 4.78 is 5.21. The molecular weight excluding hydrogens is 404 g/mol. The number of benzene rings is 2. The highest BCUT2D eigenvalue weighted by atomic mass is 35.5. The van der Waals surface area contributed by atoms with Gasteiger partial charge in [-0.05, 0) is 37.3 Å². The van der Waals surface area contributed by atoms with Crippen LogP contribution in [0.5, 0.6) is 5.75 Å². The van der Waals surface area contributed by atoms with Gasteiger partial charge < -0.3 is 25.2 Å². The molecule has 30 heavy (non-hydrogen) atoms. The van der Waals surface area contributed by atoms with Crippen LogP contribution < -0.4 is 20.3 Å².